The van der Waals surface area contributed by atoms with Gasteiger partial charge in [0.15, 0.2) is 10.9 Å². The van der Waals surface area contributed by atoms with E-state index in [0.29, 0.717) is 35.4 Å². The largest absolute Gasteiger partial charge is 0.573 e. The van der Waals surface area contributed by atoms with E-state index in [1.807, 2.05) is 19.9 Å². The number of alkyl halides is 3. The number of aromatic nitrogens is 5. The average molecular weight is 507 g/mol. The number of benzene rings is 1. The molecule has 3 heterocycles. The van der Waals surface area contributed by atoms with E-state index in [0.717, 1.165) is 37.1 Å². The smallest absolute Gasteiger partial charge is 0.406 e. The van der Waals surface area contributed by atoms with Gasteiger partial charge in [0.25, 0.3) is 5.91 Å². The Labute approximate surface area is 204 Å². The minimum absolute atomic E-state index is 0.202. The average Bonchev–Trinajstić information content (AvgIpc) is 3.01. The standard InChI is InChI=1S/C23H25F3N6O2S/c1-15-13-16(2)28-22(27-15)35-14-19-20(21(33)31-11-5-3-4-6-12-31)29-30-32(19)17-7-9-18(10-8-17)34-23(24,25)26/h7-10,13H,3-6,11-12,14H2,1-2H3. The van der Waals surface area contributed by atoms with Crippen LogP contribution in [0.5, 0.6) is 5.75 Å². The Morgan fingerprint density at radius 3 is 2.26 bits per heavy atom. The minimum Gasteiger partial charge on any atom is -0.406 e. The SMILES string of the molecule is Cc1cc(C)nc(SCc2c(C(=O)N3CCCCCC3)nnn2-c2ccc(OC(F)(F)F)cc2)n1. The van der Waals surface area contributed by atoms with Gasteiger partial charge in [0, 0.05) is 30.2 Å². The molecule has 4 rings (SSSR count). The van der Waals surface area contributed by atoms with Gasteiger partial charge in [0.2, 0.25) is 0 Å². The summed E-state index contributed by atoms with van der Waals surface area (Å²) in [6.07, 6.45) is -0.761. The molecule has 8 nitrogen and oxygen atoms in total. The van der Waals surface area contributed by atoms with Crippen molar-refractivity contribution in [1.29, 1.82) is 0 Å². The minimum atomic E-state index is -4.78. The summed E-state index contributed by atoms with van der Waals surface area (Å²) >= 11 is 1.34. The predicted octanol–water partition coefficient (Wildman–Crippen LogP) is 4.88. The fourth-order valence-electron chi connectivity index (χ4n) is 3.91. The lowest BCUT2D eigenvalue weighted by atomic mass is 10.2. The highest BCUT2D eigenvalue weighted by atomic mass is 32.2. The second-order valence-electron chi connectivity index (χ2n) is 8.27. The topological polar surface area (TPSA) is 86.0 Å². The van der Waals surface area contributed by atoms with Crippen molar-refractivity contribution in [3.63, 3.8) is 0 Å². The molecule has 1 aromatic carbocycles. The molecule has 1 amide bonds. The van der Waals surface area contributed by atoms with Gasteiger partial charge in [-0.25, -0.2) is 14.6 Å². The first-order valence-electron chi connectivity index (χ1n) is 11.2. The molecule has 3 aromatic rings. The lowest BCUT2D eigenvalue weighted by Crippen LogP contribution is -2.32. The molecule has 35 heavy (non-hydrogen) atoms. The third-order valence-electron chi connectivity index (χ3n) is 5.47. The first-order chi connectivity index (χ1) is 16.7. The van der Waals surface area contributed by atoms with Gasteiger partial charge >= 0.3 is 6.36 Å². The van der Waals surface area contributed by atoms with Crippen LogP contribution in [0.2, 0.25) is 0 Å². The Morgan fingerprint density at radius 2 is 1.66 bits per heavy atom. The lowest BCUT2D eigenvalue weighted by molar-refractivity contribution is -0.274. The van der Waals surface area contributed by atoms with Crippen LogP contribution in [0.15, 0.2) is 35.5 Å². The maximum absolute atomic E-state index is 13.4. The molecule has 12 heteroatoms. The van der Waals surface area contributed by atoms with Crippen LogP contribution in [0.1, 0.15) is 53.3 Å². The van der Waals surface area contributed by atoms with E-state index in [2.05, 4.69) is 25.0 Å². The van der Waals surface area contributed by atoms with Crippen LogP contribution in [0, 0.1) is 13.8 Å². The van der Waals surface area contributed by atoms with E-state index in [1.54, 1.807) is 4.90 Å². The van der Waals surface area contributed by atoms with E-state index < -0.39 is 6.36 Å². The molecule has 0 bridgehead atoms. The van der Waals surface area contributed by atoms with E-state index in [9.17, 15) is 18.0 Å². The molecule has 0 saturated carbocycles. The molecule has 186 valence electrons. The molecule has 0 N–H and O–H groups in total. The van der Waals surface area contributed by atoms with Crippen LogP contribution in [0.25, 0.3) is 5.69 Å². The summed E-state index contributed by atoms with van der Waals surface area (Å²) in [5.41, 5.74) is 2.86. The highest BCUT2D eigenvalue weighted by molar-refractivity contribution is 7.98. The molecule has 0 unspecified atom stereocenters. The molecule has 0 aliphatic carbocycles. The molecule has 0 radical (unpaired) electrons. The molecule has 1 aliphatic rings. The second-order valence-corrected chi connectivity index (χ2v) is 9.21. The summed E-state index contributed by atoms with van der Waals surface area (Å²) < 4.78 is 43.0. The third kappa shape index (κ3) is 6.50. The van der Waals surface area contributed by atoms with Gasteiger partial charge in [0.05, 0.1) is 11.4 Å². The van der Waals surface area contributed by atoms with E-state index in [4.69, 9.17) is 0 Å². The Hall–Kier alpha value is -3.15. The third-order valence-corrected chi connectivity index (χ3v) is 6.33. The van der Waals surface area contributed by atoms with Gasteiger partial charge in [0.1, 0.15) is 5.75 Å². The number of amides is 1. The Morgan fingerprint density at radius 1 is 1.03 bits per heavy atom. The van der Waals surface area contributed by atoms with Gasteiger partial charge in [-0.2, -0.15) is 0 Å². The van der Waals surface area contributed by atoms with Crippen LogP contribution < -0.4 is 4.74 Å². The number of rotatable bonds is 6. The van der Waals surface area contributed by atoms with Crippen molar-refractivity contribution >= 4 is 17.7 Å². The zero-order chi connectivity index (χ0) is 25.0. The molecular weight excluding hydrogens is 481 g/mol. The Balaban J connectivity index is 1.65. The van der Waals surface area contributed by atoms with Crippen molar-refractivity contribution < 1.29 is 22.7 Å². The monoisotopic (exact) mass is 506 g/mol. The van der Waals surface area contributed by atoms with Crippen LogP contribution in [-0.2, 0) is 5.75 Å². The molecule has 0 spiro atoms. The van der Waals surface area contributed by atoms with Crippen molar-refractivity contribution in [2.24, 2.45) is 0 Å². The fourth-order valence-corrected chi connectivity index (χ4v) is 4.85. The van der Waals surface area contributed by atoms with Crippen molar-refractivity contribution in [2.75, 3.05) is 13.1 Å². The molecule has 0 atom stereocenters. The quantitative estimate of drug-likeness (QED) is 0.348. The number of carbonyl (C=O) groups excluding carboxylic acids is 1. The van der Waals surface area contributed by atoms with Gasteiger partial charge < -0.3 is 9.64 Å². The van der Waals surface area contributed by atoms with Crippen molar-refractivity contribution in [1.82, 2.24) is 29.9 Å². The van der Waals surface area contributed by atoms with Gasteiger partial charge in [-0.1, -0.05) is 29.8 Å². The van der Waals surface area contributed by atoms with Crippen LogP contribution in [0.3, 0.4) is 0 Å². The number of likely N-dealkylation sites (tertiary alicyclic amines) is 1. The first-order valence-corrected chi connectivity index (χ1v) is 12.2. The predicted molar refractivity (Wildman–Crippen MR) is 123 cm³/mol. The number of carbonyl (C=O) groups is 1. The summed E-state index contributed by atoms with van der Waals surface area (Å²) in [5.74, 6) is -0.250. The zero-order valence-electron chi connectivity index (χ0n) is 19.4. The number of thioether (sulfide) groups is 1. The summed E-state index contributed by atoms with van der Waals surface area (Å²) in [7, 11) is 0. The lowest BCUT2D eigenvalue weighted by Gasteiger charge is -2.19. The van der Waals surface area contributed by atoms with Crippen molar-refractivity contribution in [2.45, 2.75) is 56.8 Å². The summed E-state index contributed by atoms with van der Waals surface area (Å²) in [6.45, 7) is 5.07. The molecule has 2 aromatic heterocycles. The van der Waals surface area contributed by atoms with Crippen LogP contribution in [0.4, 0.5) is 13.2 Å². The summed E-state index contributed by atoms with van der Waals surface area (Å²) in [4.78, 5) is 24.1. The number of hydrogen-bond acceptors (Lipinski definition) is 7. The normalized spacial score (nSPS) is 14.6. The Kier molecular flexibility index (Phi) is 7.58. The molecule has 1 fully saturated rings. The number of ether oxygens (including phenoxy) is 1. The van der Waals surface area contributed by atoms with E-state index in [1.165, 1.54) is 40.7 Å². The van der Waals surface area contributed by atoms with Gasteiger partial charge in [-0.05, 0) is 57.0 Å². The van der Waals surface area contributed by atoms with E-state index >= 15 is 0 Å². The Bertz CT molecular complexity index is 1150. The molecule has 1 aliphatic heterocycles. The van der Waals surface area contributed by atoms with Crippen molar-refractivity contribution in [3.05, 3.63) is 53.1 Å². The van der Waals surface area contributed by atoms with Crippen LogP contribution in [-0.4, -0.2) is 55.2 Å². The molecule has 1 saturated heterocycles. The van der Waals surface area contributed by atoms with Crippen molar-refractivity contribution in [3.8, 4) is 11.4 Å². The number of halogens is 3. The zero-order valence-corrected chi connectivity index (χ0v) is 20.2. The highest BCUT2D eigenvalue weighted by Gasteiger charge is 2.31. The first kappa shape index (κ1) is 25.0. The molecular formula is C23H25F3N6O2S. The number of aryl methyl sites for hydroxylation is 2. The maximum Gasteiger partial charge on any atom is 0.573 e. The maximum atomic E-state index is 13.4. The number of nitrogens with zero attached hydrogens (tertiary/aromatic N) is 6. The van der Waals surface area contributed by atoms with E-state index in [-0.39, 0.29) is 17.4 Å². The fraction of sp³-hybridized carbons (Fsp3) is 0.435. The van der Waals surface area contributed by atoms with Gasteiger partial charge in [-0.15, -0.1) is 18.3 Å². The number of hydrogen-bond donors (Lipinski definition) is 0. The van der Waals surface area contributed by atoms with Gasteiger partial charge in [-0.3, -0.25) is 4.79 Å². The highest BCUT2D eigenvalue weighted by Crippen LogP contribution is 2.27. The summed E-state index contributed by atoms with van der Waals surface area (Å²) in [5, 5.41) is 8.92. The van der Waals surface area contributed by atoms with Crippen LogP contribution >= 0.6 is 11.8 Å². The second kappa shape index (κ2) is 10.6. The summed E-state index contributed by atoms with van der Waals surface area (Å²) in [6, 6.07) is 7.15.